The molecule has 1 aromatic heterocycles. The maximum atomic E-state index is 8.53. The Morgan fingerprint density at radius 3 is 3.00 bits per heavy atom. The van der Waals surface area contributed by atoms with Crippen molar-refractivity contribution in [1.29, 1.82) is 5.26 Å². The lowest BCUT2D eigenvalue weighted by Gasteiger charge is -2.18. The number of guanidine groups is 1. The number of aromatic nitrogens is 1. The van der Waals surface area contributed by atoms with Gasteiger partial charge in [0.05, 0.1) is 6.54 Å². The minimum absolute atomic E-state index is 0.661. The molecule has 1 aliphatic rings. The summed E-state index contributed by atoms with van der Waals surface area (Å²) in [6, 6.07) is 3.92. The van der Waals surface area contributed by atoms with Gasteiger partial charge in [-0.1, -0.05) is 0 Å². The third kappa shape index (κ3) is 2.23. The second kappa shape index (κ2) is 4.42. The van der Waals surface area contributed by atoms with Crippen molar-refractivity contribution in [3.8, 4) is 6.19 Å². The Balaban J connectivity index is 2.02. The van der Waals surface area contributed by atoms with Gasteiger partial charge in [0.15, 0.2) is 6.19 Å². The summed E-state index contributed by atoms with van der Waals surface area (Å²) in [5.41, 5.74) is 1.17. The van der Waals surface area contributed by atoms with Crippen LogP contribution in [0.5, 0.6) is 0 Å². The molecule has 15 heavy (non-hydrogen) atoms. The first-order chi connectivity index (χ1) is 7.40. The standard InChI is InChI=1S/C10H11N5/c11-8-14-10-13-5-6-15(10)7-9-1-3-12-4-2-9/h1-4H,5-7H2,(H,13,14). The number of hydrogen-bond donors (Lipinski definition) is 1. The van der Waals surface area contributed by atoms with E-state index in [0.29, 0.717) is 5.96 Å². The summed E-state index contributed by atoms with van der Waals surface area (Å²) < 4.78 is 0. The van der Waals surface area contributed by atoms with Gasteiger partial charge in [-0.2, -0.15) is 5.26 Å². The molecular weight excluding hydrogens is 190 g/mol. The maximum Gasteiger partial charge on any atom is 0.207 e. The lowest BCUT2D eigenvalue weighted by atomic mass is 10.2. The van der Waals surface area contributed by atoms with E-state index in [0.717, 1.165) is 19.6 Å². The average Bonchev–Trinajstić information content (AvgIpc) is 2.68. The SMILES string of the molecule is N#CNC1=NCCN1Cc1ccncc1. The Morgan fingerprint density at radius 2 is 2.27 bits per heavy atom. The van der Waals surface area contributed by atoms with Crippen LogP contribution in [0.4, 0.5) is 0 Å². The van der Waals surface area contributed by atoms with E-state index in [9.17, 15) is 0 Å². The summed E-state index contributed by atoms with van der Waals surface area (Å²) in [6.45, 7) is 2.36. The molecule has 5 nitrogen and oxygen atoms in total. The normalized spacial score (nSPS) is 14.6. The highest BCUT2D eigenvalue weighted by Crippen LogP contribution is 2.06. The van der Waals surface area contributed by atoms with Crippen molar-refractivity contribution in [1.82, 2.24) is 15.2 Å². The number of pyridine rings is 1. The number of aliphatic imine (C=N–C) groups is 1. The van der Waals surface area contributed by atoms with Crippen LogP contribution in [-0.4, -0.2) is 28.9 Å². The van der Waals surface area contributed by atoms with Crippen molar-refractivity contribution in [3.63, 3.8) is 0 Å². The van der Waals surface area contributed by atoms with Crippen LogP contribution in [-0.2, 0) is 6.54 Å². The van der Waals surface area contributed by atoms with E-state index in [1.807, 2.05) is 23.2 Å². The molecule has 0 bridgehead atoms. The van der Waals surface area contributed by atoms with Crippen LogP contribution in [0.3, 0.4) is 0 Å². The molecule has 0 amide bonds. The molecule has 2 heterocycles. The molecule has 0 fully saturated rings. The van der Waals surface area contributed by atoms with E-state index in [1.54, 1.807) is 12.4 Å². The predicted octanol–water partition coefficient (Wildman–Crippen LogP) is 0.324. The summed E-state index contributed by atoms with van der Waals surface area (Å²) in [7, 11) is 0. The zero-order valence-corrected chi connectivity index (χ0v) is 8.22. The zero-order valence-electron chi connectivity index (χ0n) is 8.22. The number of nitrogens with one attached hydrogen (secondary N) is 1. The molecule has 1 N–H and O–H groups in total. The molecule has 2 rings (SSSR count). The van der Waals surface area contributed by atoms with Gasteiger partial charge in [-0.3, -0.25) is 15.3 Å². The van der Waals surface area contributed by atoms with E-state index in [2.05, 4.69) is 15.3 Å². The molecule has 0 atom stereocenters. The number of nitriles is 1. The molecule has 1 aliphatic heterocycles. The minimum atomic E-state index is 0.661. The molecule has 5 heteroatoms. The largest absolute Gasteiger partial charge is 0.336 e. The molecule has 0 radical (unpaired) electrons. The van der Waals surface area contributed by atoms with Crippen LogP contribution >= 0.6 is 0 Å². The third-order valence-electron chi connectivity index (χ3n) is 2.22. The fraction of sp³-hybridized carbons (Fsp3) is 0.300. The smallest absolute Gasteiger partial charge is 0.207 e. The highest BCUT2D eigenvalue weighted by Gasteiger charge is 2.16. The first kappa shape index (κ1) is 9.46. The molecule has 76 valence electrons. The van der Waals surface area contributed by atoms with Crippen LogP contribution in [0.2, 0.25) is 0 Å². The summed E-state index contributed by atoms with van der Waals surface area (Å²) in [5.74, 6) is 0.661. The average molecular weight is 201 g/mol. The lowest BCUT2D eigenvalue weighted by Crippen LogP contribution is -2.35. The number of rotatable bonds is 2. The summed E-state index contributed by atoms with van der Waals surface area (Å²) in [5, 5.41) is 11.1. The fourth-order valence-electron chi connectivity index (χ4n) is 1.51. The molecule has 0 saturated carbocycles. The van der Waals surface area contributed by atoms with Crippen molar-refractivity contribution < 1.29 is 0 Å². The lowest BCUT2D eigenvalue weighted by molar-refractivity contribution is 0.443. The molecular formula is C10H11N5. The second-order valence-electron chi connectivity index (χ2n) is 3.22. The Labute approximate surface area is 88.1 Å². The Hall–Kier alpha value is -2.09. The van der Waals surface area contributed by atoms with Crippen molar-refractivity contribution in [3.05, 3.63) is 30.1 Å². The van der Waals surface area contributed by atoms with E-state index in [-0.39, 0.29) is 0 Å². The molecule has 0 saturated heterocycles. The van der Waals surface area contributed by atoms with Gasteiger partial charge in [-0.05, 0) is 17.7 Å². The van der Waals surface area contributed by atoms with Crippen molar-refractivity contribution in [2.75, 3.05) is 13.1 Å². The first-order valence-electron chi connectivity index (χ1n) is 4.73. The second-order valence-corrected chi connectivity index (χ2v) is 3.22. The summed E-state index contributed by atoms with van der Waals surface area (Å²) in [6.07, 6.45) is 5.42. The highest BCUT2D eigenvalue weighted by molar-refractivity contribution is 5.82. The monoisotopic (exact) mass is 201 g/mol. The highest BCUT2D eigenvalue weighted by atomic mass is 15.3. The van der Waals surface area contributed by atoms with Gasteiger partial charge in [0.2, 0.25) is 5.96 Å². The Morgan fingerprint density at radius 1 is 1.47 bits per heavy atom. The minimum Gasteiger partial charge on any atom is -0.336 e. The van der Waals surface area contributed by atoms with Crippen LogP contribution in [0.15, 0.2) is 29.5 Å². The van der Waals surface area contributed by atoms with E-state index < -0.39 is 0 Å². The topological polar surface area (TPSA) is 64.3 Å². The van der Waals surface area contributed by atoms with E-state index in [4.69, 9.17) is 5.26 Å². The quantitative estimate of drug-likeness (QED) is 0.553. The van der Waals surface area contributed by atoms with Crippen LogP contribution in [0, 0.1) is 11.5 Å². The van der Waals surface area contributed by atoms with Gasteiger partial charge in [0.1, 0.15) is 0 Å². The van der Waals surface area contributed by atoms with Gasteiger partial charge in [-0.25, -0.2) is 0 Å². The van der Waals surface area contributed by atoms with E-state index >= 15 is 0 Å². The van der Waals surface area contributed by atoms with Gasteiger partial charge in [0, 0.05) is 25.5 Å². The predicted molar refractivity (Wildman–Crippen MR) is 55.7 cm³/mol. The summed E-state index contributed by atoms with van der Waals surface area (Å²) >= 11 is 0. The van der Waals surface area contributed by atoms with Crippen molar-refractivity contribution in [2.24, 2.45) is 4.99 Å². The number of hydrogen-bond acceptors (Lipinski definition) is 5. The van der Waals surface area contributed by atoms with Crippen molar-refractivity contribution in [2.45, 2.75) is 6.54 Å². The van der Waals surface area contributed by atoms with Crippen LogP contribution in [0.25, 0.3) is 0 Å². The maximum absolute atomic E-state index is 8.53. The molecule has 1 aromatic rings. The third-order valence-corrected chi connectivity index (χ3v) is 2.22. The zero-order chi connectivity index (χ0) is 10.5. The van der Waals surface area contributed by atoms with Crippen LogP contribution in [0.1, 0.15) is 5.56 Å². The number of nitrogens with zero attached hydrogens (tertiary/aromatic N) is 4. The first-order valence-corrected chi connectivity index (χ1v) is 4.73. The Bertz CT molecular complexity index is 392. The van der Waals surface area contributed by atoms with Crippen molar-refractivity contribution >= 4 is 5.96 Å². The van der Waals surface area contributed by atoms with Gasteiger partial charge in [0.25, 0.3) is 0 Å². The molecule has 0 unspecified atom stereocenters. The fourth-order valence-corrected chi connectivity index (χ4v) is 1.51. The molecule has 0 aliphatic carbocycles. The molecule has 0 spiro atoms. The van der Waals surface area contributed by atoms with Crippen LogP contribution < -0.4 is 5.32 Å². The van der Waals surface area contributed by atoms with E-state index in [1.165, 1.54) is 5.56 Å². The van der Waals surface area contributed by atoms with Gasteiger partial charge >= 0.3 is 0 Å². The van der Waals surface area contributed by atoms with Gasteiger partial charge in [-0.15, -0.1) is 0 Å². The summed E-state index contributed by atoms with van der Waals surface area (Å²) in [4.78, 5) is 10.2. The van der Waals surface area contributed by atoms with Gasteiger partial charge < -0.3 is 4.90 Å². The Kier molecular flexibility index (Phi) is 2.79. The molecule has 0 aromatic carbocycles.